The van der Waals surface area contributed by atoms with E-state index in [4.69, 9.17) is 16.3 Å². The number of anilines is 1. The minimum Gasteiger partial charge on any atom is -0.497 e. The van der Waals surface area contributed by atoms with Gasteiger partial charge in [0.1, 0.15) is 11.4 Å². The van der Waals surface area contributed by atoms with Crippen molar-refractivity contribution >= 4 is 41.1 Å². The molecule has 3 rings (SSSR count). The highest BCUT2D eigenvalue weighted by Gasteiger charge is 2.18. The maximum Gasteiger partial charge on any atom is 0.337 e. The number of carbonyl (C=O) groups is 3. The Morgan fingerprint density at radius 3 is 2.22 bits per heavy atom. The van der Waals surface area contributed by atoms with Gasteiger partial charge < -0.3 is 20.5 Å². The molecule has 0 heterocycles. The lowest BCUT2D eigenvalue weighted by Gasteiger charge is -2.13. The van der Waals surface area contributed by atoms with E-state index in [0.29, 0.717) is 21.9 Å². The van der Waals surface area contributed by atoms with Crippen LogP contribution in [-0.4, -0.2) is 30.0 Å². The van der Waals surface area contributed by atoms with Gasteiger partial charge in [-0.2, -0.15) is 0 Å². The molecule has 0 aliphatic heterocycles. The molecule has 0 atom stereocenters. The summed E-state index contributed by atoms with van der Waals surface area (Å²) in [4.78, 5) is 37.2. The molecule has 0 saturated carbocycles. The zero-order valence-electron chi connectivity index (χ0n) is 17.0. The van der Waals surface area contributed by atoms with Crippen LogP contribution in [0.5, 0.6) is 5.75 Å². The predicted octanol–water partition coefficient (Wildman–Crippen LogP) is 4.46. The molecule has 0 aliphatic rings. The zero-order valence-corrected chi connectivity index (χ0v) is 17.7. The van der Waals surface area contributed by atoms with Crippen LogP contribution < -0.4 is 15.4 Å². The summed E-state index contributed by atoms with van der Waals surface area (Å²) in [6, 6.07) is 19.0. The van der Waals surface area contributed by atoms with E-state index in [1.54, 1.807) is 60.7 Å². The molecule has 0 unspecified atom stereocenters. The van der Waals surface area contributed by atoms with Crippen LogP contribution in [0, 0.1) is 0 Å². The van der Waals surface area contributed by atoms with Crippen LogP contribution in [0.2, 0.25) is 5.02 Å². The lowest BCUT2D eigenvalue weighted by atomic mass is 10.1. The average Bonchev–Trinajstić information content (AvgIpc) is 2.80. The Balaban J connectivity index is 1.91. The molecule has 0 bridgehead atoms. The highest BCUT2D eigenvalue weighted by atomic mass is 35.5. The van der Waals surface area contributed by atoms with Gasteiger partial charge in [0.2, 0.25) is 0 Å². The van der Waals surface area contributed by atoms with Crippen LogP contribution in [0.1, 0.15) is 26.3 Å². The fourth-order valence-corrected chi connectivity index (χ4v) is 2.92. The monoisotopic (exact) mass is 450 g/mol. The fraction of sp³-hybridized carbons (Fsp3) is 0.0417. The molecule has 0 spiro atoms. The lowest BCUT2D eigenvalue weighted by Crippen LogP contribution is -2.31. The molecule has 0 saturated heterocycles. The smallest absolute Gasteiger partial charge is 0.337 e. The minimum absolute atomic E-state index is 0.0756. The standard InChI is InChI=1S/C24H19ClN2O5/c1-32-18-12-8-16(9-13-18)22(28)27-21(14-15-6-10-17(25)11-7-15)23(29)26-20-5-3-2-4-19(20)24(30)31/h2-14H,1H3,(H,26,29)(H,27,28)(H,30,31)/b21-14+. The number of nitrogens with one attached hydrogen (secondary N) is 2. The molecule has 3 aromatic rings. The third-order valence-electron chi connectivity index (χ3n) is 4.43. The van der Waals surface area contributed by atoms with Crippen molar-refractivity contribution < 1.29 is 24.2 Å². The largest absolute Gasteiger partial charge is 0.497 e. The third-order valence-corrected chi connectivity index (χ3v) is 4.68. The number of carboxylic acid groups (broad SMARTS) is 1. The summed E-state index contributed by atoms with van der Waals surface area (Å²) in [5.41, 5.74) is 0.875. The molecule has 0 aromatic heterocycles. The highest BCUT2D eigenvalue weighted by Crippen LogP contribution is 2.18. The Morgan fingerprint density at radius 1 is 0.938 bits per heavy atom. The summed E-state index contributed by atoms with van der Waals surface area (Å²) < 4.78 is 5.09. The maximum atomic E-state index is 13.0. The summed E-state index contributed by atoms with van der Waals surface area (Å²) in [5.74, 6) is -1.81. The van der Waals surface area contributed by atoms with Crippen molar-refractivity contribution in [3.8, 4) is 5.75 Å². The number of amides is 2. The Bertz CT molecular complexity index is 1170. The van der Waals surface area contributed by atoms with E-state index in [-0.39, 0.29) is 16.9 Å². The number of rotatable bonds is 7. The number of hydrogen-bond donors (Lipinski definition) is 3. The molecule has 7 nitrogen and oxygen atoms in total. The molecular weight excluding hydrogens is 432 g/mol. The number of carboxylic acids is 1. The van der Waals surface area contributed by atoms with Gasteiger partial charge in [-0.1, -0.05) is 35.9 Å². The second-order valence-electron chi connectivity index (χ2n) is 6.60. The number of carbonyl (C=O) groups excluding carboxylic acids is 2. The first-order valence-electron chi connectivity index (χ1n) is 9.43. The normalized spacial score (nSPS) is 10.9. The van der Waals surface area contributed by atoms with E-state index in [2.05, 4.69) is 10.6 Å². The van der Waals surface area contributed by atoms with Crippen molar-refractivity contribution in [2.24, 2.45) is 0 Å². The van der Waals surface area contributed by atoms with Gasteiger partial charge in [0, 0.05) is 10.6 Å². The summed E-state index contributed by atoms with van der Waals surface area (Å²) in [7, 11) is 1.52. The van der Waals surface area contributed by atoms with Crippen LogP contribution in [0.25, 0.3) is 6.08 Å². The Hall–Kier alpha value is -4.10. The number of hydrogen-bond acceptors (Lipinski definition) is 4. The SMILES string of the molecule is COc1ccc(C(=O)N/C(=C/c2ccc(Cl)cc2)C(=O)Nc2ccccc2C(=O)O)cc1. The summed E-state index contributed by atoms with van der Waals surface area (Å²) in [6.07, 6.45) is 1.47. The number of ether oxygens (including phenoxy) is 1. The van der Waals surface area contributed by atoms with Gasteiger partial charge in [-0.3, -0.25) is 9.59 Å². The van der Waals surface area contributed by atoms with Gasteiger partial charge in [0.15, 0.2) is 0 Å². The van der Waals surface area contributed by atoms with Crippen LogP contribution in [0.4, 0.5) is 5.69 Å². The van der Waals surface area contributed by atoms with E-state index >= 15 is 0 Å². The third kappa shape index (κ3) is 5.74. The van der Waals surface area contributed by atoms with Crippen LogP contribution in [0.15, 0.2) is 78.5 Å². The van der Waals surface area contributed by atoms with Crippen LogP contribution >= 0.6 is 11.6 Å². The van der Waals surface area contributed by atoms with Crippen molar-refractivity contribution in [1.29, 1.82) is 0 Å². The van der Waals surface area contributed by atoms with Crippen LogP contribution in [0.3, 0.4) is 0 Å². The molecule has 8 heteroatoms. The maximum absolute atomic E-state index is 13.0. The van der Waals surface area contributed by atoms with Gasteiger partial charge in [0.25, 0.3) is 11.8 Å². The molecule has 3 aromatic carbocycles. The Morgan fingerprint density at radius 2 is 1.59 bits per heavy atom. The van der Waals surface area contributed by atoms with Crippen molar-refractivity contribution in [2.75, 3.05) is 12.4 Å². The first-order chi connectivity index (χ1) is 15.4. The quantitative estimate of drug-likeness (QED) is 0.461. The molecule has 32 heavy (non-hydrogen) atoms. The lowest BCUT2D eigenvalue weighted by molar-refractivity contribution is -0.113. The van der Waals surface area contributed by atoms with Crippen molar-refractivity contribution in [3.05, 3.63) is 100 Å². The molecular formula is C24H19ClN2O5. The first kappa shape index (κ1) is 22.6. The van der Waals surface area contributed by atoms with E-state index in [0.717, 1.165) is 0 Å². The number of methoxy groups -OCH3 is 1. The van der Waals surface area contributed by atoms with Gasteiger partial charge in [0.05, 0.1) is 18.4 Å². The number of halogens is 1. The van der Waals surface area contributed by atoms with Crippen molar-refractivity contribution in [2.45, 2.75) is 0 Å². The van der Waals surface area contributed by atoms with Crippen molar-refractivity contribution in [3.63, 3.8) is 0 Å². The second-order valence-corrected chi connectivity index (χ2v) is 7.03. The Labute approximate surface area is 189 Å². The first-order valence-corrected chi connectivity index (χ1v) is 9.81. The average molecular weight is 451 g/mol. The van der Waals surface area contributed by atoms with Gasteiger partial charge in [-0.15, -0.1) is 0 Å². The van der Waals surface area contributed by atoms with Crippen LogP contribution in [-0.2, 0) is 4.79 Å². The number of benzene rings is 3. The topological polar surface area (TPSA) is 105 Å². The second kappa shape index (κ2) is 10.3. The van der Waals surface area contributed by atoms with E-state index in [9.17, 15) is 19.5 Å². The number of aromatic carboxylic acids is 1. The number of para-hydroxylation sites is 1. The van der Waals surface area contributed by atoms with E-state index < -0.39 is 17.8 Å². The van der Waals surface area contributed by atoms with Gasteiger partial charge in [-0.05, 0) is 60.2 Å². The van der Waals surface area contributed by atoms with Gasteiger partial charge in [-0.25, -0.2) is 4.79 Å². The molecule has 3 N–H and O–H groups in total. The minimum atomic E-state index is -1.19. The zero-order chi connectivity index (χ0) is 23.1. The summed E-state index contributed by atoms with van der Waals surface area (Å²) in [6.45, 7) is 0. The van der Waals surface area contributed by atoms with Gasteiger partial charge >= 0.3 is 5.97 Å². The molecule has 2 amide bonds. The Kier molecular flexibility index (Phi) is 7.25. The summed E-state index contributed by atoms with van der Waals surface area (Å²) in [5, 5.41) is 15.0. The molecule has 0 fully saturated rings. The van der Waals surface area contributed by atoms with Crippen molar-refractivity contribution in [1.82, 2.24) is 5.32 Å². The predicted molar refractivity (Wildman–Crippen MR) is 122 cm³/mol. The molecule has 0 radical (unpaired) electrons. The summed E-state index contributed by atoms with van der Waals surface area (Å²) >= 11 is 5.92. The van der Waals surface area contributed by atoms with E-state index in [1.807, 2.05) is 0 Å². The van der Waals surface area contributed by atoms with E-state index in [1.165, 1.54) is 25.3 Å². The molecule has 162 valence electrons. The highest BCUT2D eigenvalue weighted by molar-refractivity contribution is 6.30. The molecule has 0 aliphatic carbocycles. The fourth-order valence-electron chi connectivity index (χ4n) is 2.79.